The van der Waals surface area contributed by atoms with Crippen molar-refractivity contribution in [2.75, 3.05) is 11.9 Å². The first-order valence-corrected chi connectivity index (χ1v) is 9.75. The Morgan fingerprint density at radius 3 is 2.75 bits per heavy atom. The minimum Gasteiger partial charge on any atom is -0.366 e. The molecule has 0 bridgehead atoms. The van der Waals surface area contributed by atoms with Gasteiger partial charge in [0.1, 0.15) is 5.82 Å². The lowest BCUT2D eigenvalue weighted by atomic mass is 10.1. The molecule has 0 atom stereocenters. The first-order chi connectivity index (χ1) is 13.8. The zero-order valence-electron chi connectivity index (χ0n) is 15.9. The molecular weight excluding hydrogens is 346 g/mol. The van der Waals surface area contributed by atoms with E-state index >= 15 is 0 Å². The van der Waals surface area contributed by atoms with E-state index in [0.29, 0.717) is 0 Å². The van der Waals surface area contributed by atoms with Crippen molar-refractivity contribution in [3.05, 3.63) is 83.2 Å². The van der Waals surface area contributed by atoms with Gasteiger partial charge in [-0.2, -0.15) is 4.98 Å². The van der Waals surface area contributed by atoms with E-state index in [9.17, 15) is 0 Å². The Morgan fingerprint density at radius 1 is 1.04 bits per heavy atom. The Labute approximate surface area is 164 Å². The van der Waals surface area contributed by atoms with Gasteiger partial charge in [0.2, 0.25) is 5.95 Å². The fourth-order valence-corrected chi connectivity index (χ4v) is 3.93. The maximum atomic E-state index is 4.97. The van der Waals surface area contributed by atoms with Crippen LogP contribution in [0, 0.1) is 6.92 Å². The molecule has 2 aromatic heterocycles. The molecule has 5 nitrogen and oxygen atoms in total. The van der Waals surface area contributed by atoms with Crippen LogP contribution < -0.4 is 10.6 Å². The van der Waals surface area contributed by atoms with Crippen molar-refractivity contribution in [2.24, 2.45) is 0 Å². The maximum Gasteiger partial charge on any atom is 0.236 e. The third-order valence-electron chi connectivity index (χ3n) is 5.32. The second-order valence-electron chi connectivity index (χ2n) is 7.24. The minimum absolute atomic E-state index is 0.733. The Bertz CT molecular complexity index is 1130. The molecule has 2 aromatic carbocycles. The van der Waals surface area contributed by atoms with Crippen LogP contribution >= 0.6 is 0 Å². The molecule has 1 aliphatic rings. The highest BCUT2D eigenvalue weighted by Gasteiger charge is 2.19. The molecule has 0 saturated carbocycles. The zero-order chi connectivity index (χ0) is 18.9. The molecule has 0 saturated heterocycles. The monoisotopic (exact) mass is 369 g/mol. The van der Waals surface area contributed by atoms with Gasteiger partial charge in [0.05, 0.1) is 11.2 Å². The van der Waals surface area contributed by atoms with Crippen LogP contribution in [0.2, 0.25) is 0 Å². The van der Waals surface area contributed by atoms with Crippen molar-refractivity contribution >= 4 is 16.7 Å². The molecule has 0 fully saturated rings. The van der Waals surface area contributed by atoms with E-state index in [1.807, 2.05) is 6.07 Å². The minimum atomic E-state index is 0.733. The Kier molecular flexibility index (Phi) is 4.29. The van der Waals surface area contributed by atoms with Crippen molar-refractivity contribution in [1.29, 1.82) is 0 Å². The number of nitrogens with one attached hydrogen (secondary N) is 2. The van der Waals surface area contributed by atoms with E-state index in [4.69, 9.17) is 9.97 Å². The highest BCUT2D eigenvalue weighted by Crippen LogP contribution is 2.26. The number of hydrogen-bond donors (Lipinski definition) is 2. The predicted molar refractivity (Wildman–Crippen MR) is 113 cm³/mol. The molecule has 5 heteroatoms. The second kappa shape index (κ2) is 7.09. The summed E-state index contributed by atoms with van der Waals surface area (Å²) in [4.78, 5) is 9.90. The molecule has 0 aliphatic carbocycles. The Hall–Kier alpha value is -3.18. The first-order valence-electron chi connectivity index (χ1n) is 9.75. The fourth-order valence-electron chi connectivity index (χ4n) is 3.93. The van der Waals surface area contributed by atoms with Crippen molar-refractivity contribution in [3.8, 4) is 5.95 Å². The van der Waals surface area contributed by atoms with Crippen LogP contribution in [-0.4, -0.2) is 21.1 Å². The number of nitrogens with zero attached hydrogens (tertiary/aromatic N) is 3. The number of para-hydroxylation sites is 1. The summed E-state index contributed by atoms with van der Waals surface area (Å²) in [6, 6.07) is 21.0. The van der Waals surface area contributed by atoms with Gasteiger partial charge in [-0.3, -0.25) is 4.57 Å². The lowest BCUT2D eigenvalue weighted by Crippen LogP contribution is -2.27. The summed E-state index contributed by atoms with van der Waals surface area (Å²) < 4.78 is 2.15. The van der Waals surface area contributed by atoms with Crippen LogP contribution in [0.3, 0.4) is 0 Å². The summed E-state index contributed by atoms with van der Waals surface area (Å²) >= 11 is 0. The van der Waals surface area contributed by atoms with E-state index < -0.39 is 0 Å². The zero-order valence-corrected chi connectivity index (χ0v) is 15.9. The van der Waals surface area contributed by atoms with E-state index in [1.54, 1.807) is 0 Å². The second-order valence-corrected chi connectivity index (χ2v) is 7.24. The smallest absolute Gasteiger partial charge is 0.236 e. The molecular formula is C23H23N5. The third kappa shape index (κ3) is 3.04. The lowest BCUT2D eigenvalue weighted by Gasteiger charge is -2.21. The highest BCUT2D eigenvalue weighted by molar-refractivity contribution is 5.82. The summed E-state index contributed by atoms with van der Waals surface area (Å²) in [5, 5.41) is 8.21. The largest absolute Gasteiger partial charge is 0.366 e. The van der Waals surface area contributed by atoms with Crippen LogP contribution in [0.5, 0.6) is 0 Å². The maximum absolute atomic E-state index is 4.97. The summed E-state index contributed by atoms with van der Waals surface area (Å²) in [6.07, 6.45) is 0.943. The van der Waals surface area contributed by atoms with Crippen LogP contribution in [0.15, 0.2) is 60.7 Å². The molecule has 0 radical (unpaired) electrons. The molecule has 4 aromatic rings. The van der Waals surface area contributed by atoms with E-state index in [-0.39, 0.29) is 0 Å². The number of anilines is 1. The average molecular weight is 369 g/mol. The van der Waals surface area contributed by atoms with Gasteiger partial charge in [-0.25, -0.2) is 4.98 Å². The summed E-state index contributed by atoms with van der Waals surface area (Å²) in [7, 11) is 0. The number of fused-ring (bicyclic) bond motifs is 2. The SMILES string of the molecule is Cc1cc2ccccc2n1-c1nc2c(c(NCc3ccccc3)n1)CCNC2. The first kappa shape index (κ1) is 17.0. The number of aryl methyl sites for hydroxylation is 1. The van der Waals surface area contributed by atoms with E-state index in [2.05, 4.69) is 76.7 Å². The molecule has 28 heavy (non-hydrogen) atoms. The molecule has 3 heterocycles. The van der Waals surface area contributed by atoms with Crippen molar-refractivity contribution in [3.63, 3.8) is 0 Å². The average Bonchev–Trinajstić information content (AvgIpc) is 3.08. The number of benzene rings is 2. The molecule has 0 unspecified atom stereocenters. The molecule has 0 spiro atoms. The lowest BCUT2D eigenvalue weighted by molar-refractivity contribution is 0.621. The van der Waals surface area contributed by atoms with Gasteiger partial charge >= 0.3 is 0 Å². The van der Waals surface area contributed by atoms with Crippen LogP contribution in [0.1, 0.15) is 22.5 Å². The number of aromatic nitrogens is 3. The number of hydrogen-bond acceptors (Lipinski definition) is 4. The standard InChI is InChI=1S/C23H23N5/c1-16-13-18-9-5-6-10-21(18)28(16)23-26-20-15-24-12-11-19(20)22(27-23)25-14-17-7-3-2-4-8-17/h2-10,13,24H,11-12,14-15H2,1H3,(H,25,26,27). The molecule has 5 rings (SSSR count). The molecule has 140 valence electrons. The van der Waals surface area contributed by atoms with Crippen LogP contribution in [-0.2, 0) is 19.5 Å². The van der Waals surface area contributed by atoms with Gasteiger partial charge in [0.25, 0.3) is 0 Å². The Balaban J connectivity index is 1.60. The van der Waals surface area contributed by atoms with Gasteiger partial charge in [-0.15, -0.1) is 0 Å². The Morgan fingerprint density at radius 2 is 1.86 bits per heavy atom. The van der Waals surface area contributed by atoms with E-state index in [1.165, 1.54) is 16.5 Å². The van der Waals surface area contributed by atoms with Crippen molar-refractivity contribution in [1.82, 2.24) is 19.9 Å². The van der Waals surface area contributed by atoms with Gasteiger partial charge in [-0.1, -0.05) is 48.5 Å². The quantitative estimate of drug-likeness (QED) is 0.571. The fraction of sp³-hybridized carbons (Fsp3) is 0.217. The van der Waals surface area contributed by atoms with Gasteiger partial charge in [-0.05, 0) is 37.6 Å². The van der Waals surface area contributed by atoms with Crippen LogP contribution in [0.4, 0.5) is 5.82 Å². The molecule has 1 aliphatic heterocycles. The highest BCUT2D eigenvalue weighted by atomic mass is 15.2. The molecule has 2 N–H and O–H groups in total. The normalized spacial score (nSPS) is 13.5. The topological polar surface area (TPSA) is 54.8 Å². The van der Waals surface area contributed by atoms with Crippen LogP contribution in [0.25, 0.3) is 16.9 Å². The van der Waals surface area contributed by atoms with Crippen molar-refractivity contribution < 1.29 is 0 Å². The third-order valence-corrected chi connectivity index (χ3v) is 5.32. The summed E-state index contributed by atoms with van der Waals surface area (Å²) in [5.74, 6) is 1.68. The van der Waals surface area contributed by atoms with Crippen molar-refractivity contribution in [2.45, 2.75) is 26.4 Å². The van der Waals surface area contributed by atoms with Gasteiger partial charge in [0, 0.05) is 29.7 Å². The number of rotatable bonds is 4. The van der Waals surface area contributed by atoms with Gasteiger partial charge < -0.3 is 10.6 Å². The van der Waals surface area contributed by atoms with E-state index in [0.717, 1.165) is 54.7 Å². The molecule has 0 amide bonds. The summed E-state index contributed by atoms with van der Waals surface area (Å²) in [6.45, 7) is 4.60. The predicted octanol–water partition coefficient (Wildman–Crippen LogP) is 3.99. The summed E-state index contributed by atoms with van der Waals surface area (Å²) in [5.41, 5.74) is 5.83. The van der Waals surface area contributed by atoms with Gasteiger partial charge in [0.15, 0.2) is 0 Å².